The van der Waals surface area contributed by atoms with E-state index in [0.29, 0.717) is 25.4 Å². The molecule has 2 bridgehead atoms. The van der Waals surface area contributed by atoms with Crippen LogP contribution in [0.15, 0.2) is 53.5 Å². The van der Waals surface area contributed by atoms with Gasteiger partial charge in [-0.1, -0.05) is 23.4 Å². The molecule has 2 saturated heterocycles. The average Bonchev–Trinajstić information content (AvgIpc) is 3.45. The van der Waals surface area contributed by atoms with Gasteiger partial charge in [-0.05, 0) is 11.6 Å². The second-order valence-corrected chi connectivity index (χ2v) is 7.63. The minimum atomic E-state index is -0.711. The first-order valence-corrected chi connectivity index (χ1v) is 9.27. The van der Waals surface area contributed by atoms with Crippen molar-refractivity contribution in [2.75, 3.05) is 13.6 Å². The topological polar surface area (TPSA) is 88.8 Å². The van der Waals surface area contributed by atoms with Gasteiger partial charge in [0.2, 0.25) is 11.8 Å². The van der Waals surface area contributed by atoms with E-state index in [4.69, 9.17) is 9.26 Å². The largest absolute Gasteiger partial charge is 0.360 e. The third kappa shape index (κ3) is 2.56. The van der Waals surface area contributed by atoms with Crippen molar-refractivity contribution in [1.82, 2.24) is 19.9 Å². The van der Waals surface area contributed by atoms with E-state index >= 15 is 0 Å². The molecule has 1 spiro atoms. The Morgan fingerprint density at radius 1 is 1.39 bits per heavy atom. The average molecular weight is 380 g/mol. The first kappa shape index (κ1) is 17.1. The summed E-state index contributed by atoms with van der Waals surface area (Å²) in [5.74, 6) is -0.578. The number of amides is 2. The van der Waals surface area contributed by atoms with E-state index in [1.54, 1.807) is 41.5 Å². The Balaban J connectivity index is 1.37. The van der Waals surface area contributed by atoms with Gasteiger partial charge in [0, 0.05) is 32.1 Å². The van der Waals surface area contributed by atoms with Crippen molar-refractivity contribution in [1.29, 1.82) is 0 Å². The third-order valence-corrected chi connectivity index (χ3v) is 5.82. The Morgan fingerprint density at radius 2 is 2.29 bits per heavy atom. The Hall–Kier alpha value is -3.00. The van der Waals surface area contributed by atoms with Gasteiger partial charge in [0.05, 0.1) is 37.2 Å². The molecule has 0 aromatic carbocycles. The van der Waals surface area contributed by atoms with E-state index in [2.05, 4.69) is 10.1 Å². The van der Waals surface area contributed by atoms with Gasteiger partial charge in [0.1, 0.15) is 5.60 Å². The number of hydrogen-bond acceptors (Lipinski definition) is 6. The molecule has 8 heteroatoms. The minimum absolute atomic E-state index is 0.0397. The van der Waals surface area contributed by atoms with E-state index in [0.717, 1.165) is 5.56 Å². The van der Waals surface area contributed by atoms with Crippen molar-refractivity contribution in [2.45, 2.75) is 24.8 Å². The lowest BCUT2D eigenvalue weighted by Crippen LogP contribution is -2.44. The van der Waals surface area contributed by atoms with Crippen LogP contribution in [0, 0.1) is 11.8 Å². The number of carbonyl (C=O) groups is 2. The monoisotopic (exact) mass is 380 g/mol. The van der Waals surface area contributed by atoms with E-state index < -0.39 is 17.4 Å². The molecule has 2 aromatic heterocycles. The summed E-state index contributed by atoms with van der Waals surface area (Å²) >= 11 is 0. The Labute approximate surface area is 161 Å². The van der Waals surface area contributed by atoms with E-state index in [-0.39, 0.29) is 17.9 Å². The van der Waals surface area contributed by atoms with Crippen LogP contribution in [0.5, 0.6) is 0 Å². The molecule has 2 amide bonds. The molecule has 5 rings (SSSR count). The highest BCUT2D eigenvalue weighted by Crippen LogP contribution is 2.52. The van der Waals surface area contributed by atoms with Gasteiger partial charge < -0.3 is 19.1 Å². The number of aromatic nitrogens is 2. The zero-order chi connectivity index (χ0) is 19.3. The third-order valence-electron chi connectivity index (χ3n) is 5.82. The number of fused-ring (bicyclic) bond motifs is 1. The zero-order valence-corrected chi connectivity index (χ0v) is 15.4. The molecule has 144 valence electrons. The number of hydrogen-bond donors (Lipinski definition) is 0. The van der Waals surface area contributed by atoms with Crippen LogP contribution in [-0.2, 0) is 27.4 Å². The lowest BCUT2D eigenvalue weighted by Gasteiger charge is -2.27. The fraction of sp³-hybridized carbons (Fsp3) is 0.400. The van der Waals surface area contributed by atoms with Crippen LogP contribution >= 0.6 is 0 Å². The quantitative estimate of drug-likeness (QED) is 0.720. The molecule has 0 aliphatic carbocycles. The molecule has 5 heterocycles. The molecule has 28 heavy (non-hydrogen) atoms. The molecule has 2 fully saturated rings. The van der Waals surface area contributed by atoms with Crippen LogP contribution < -0.4 is 0 Å². The van der Waals surface area contributed by atoms with E-state index in [1.807, 2.05) is 24.3 Å². The fourth-order valence-electron chi connectivity index (χ4n) is 4.60. The van der Waals surface area contributed by atoms with Crippen molar-refractivity contribution in [2.24, 2.45) is 11.8 Å². The van der Waals surface area contributed by atoms with Crippen molar-refractivity contribution < 1.29 is 18.8 Å². The summed E-state index contributed by atoms with van der Waals surface area (Å²) in [5, 5.41) is 3.67. The highest BCUT2D eigenvalue weighted by atomic mass is 16.5. The van der Waals surface area contributed by atoms with Gasteiger partial charge >= 0.3 is 0 Å². The van der Waals surface area contributed by atoms with Crippen molar-refractivity contribution >= 4 is 11.8 Å². The van der Waals surface area contributed by atoms with Crippen LogP contribution in [0.4, 0.5) is 0 Å². The highest BCUT2D eigenvalue weighted by Gasteiger charge is 2.67. The van der Waals surface area contributed by atoms with Gasteiger partial charge in [0.25, 0.3) is 0 Å². The molecule has 3 aliphatic rings. The van der Waals surface area contributed by atoms with Crippen molar-refractivity contribution in [3.8, 4) is 0 Å². The number of rotatable bonds is 5. The van der Waals surface area contributed by atoms with E-state index in [1.165, 1.54) is 0 Å². The predicted molar refractivity (Wildman–Crippen MR) is 96.4 cm³/mol. The molecule has 3 aliphatic heterocycles. The van der Waals surface area contributed by atoms with Crippen molar-refractivity contribution in [3.63, 3.8) is 0 Å². The first-order valence-electron chi connectivity index (χ1n) is 9.27. The fourth-order valence-corrected chi connectivity index (χ4v) is 4.60. The SMILES string of the molecule is CN(Cc1ccno1)C(=O)[C@@H]1[C@@H]2C=C[C@@]3(CN(Cc4cccnc4)C(=O)[C@@H]13)O2. The van der Waals surface area contributed by atoms with Crippen LogP contribution in [0.3, 0.4) is 0 Å². The molecule has 4 atom stereocenters. The van der Waals surface area contributed by atoms with Gasteiger partial charge in [-0.25, -0.2) is 0 Å². The minimum Gasteiger partial charge on any atom is -0.360 e. The molecule has 2 aromatic rings. The smallest absolute Gasteiger partial charge is 0.230 e. The summed E-state index contributed by atoms with van der Waals surface area (Å²) in [6, 6.07) is 5.51. The molecule has 0 radical (unpaired) electrons. The number of likely N-dealkylation sites (tertiary alicyclic amines) is 1. The summed E-state index contributed by atoms with van der Waals surface area (Å²) in [5.41, 5.74) is 0.244. The maximum atomic E-state index is 13.2. The van der Waals surface area contributed by atoms with Crippen LogP contribution in [0.25, 0.3) is 0 Å². The normalized spacial score (nSPS) is 30.1. The summed E-state index contributed by atoms with van der Waals surface area (Å²) in [4.78, 5) is 33.9. The van der Waals surface area contributed by atoms with E-state index in [9.17, 15) is 9.59 Å². The number of nitrogens with zero attached hydrogens (tertiary/aromatic N) is 4. The predicted octanol–water partition coefficient (Wildman–Crippen LogP) is 1.01. The Bertz CT molecular complexity index is 929. The number of ether oxygens (including phenoxy) is 1. The molecule has 0 unspecified atom stereocenters. The lowest BCUT2D eigenvalue weighted by molar-refractivity contribution is -0.143. The van der Waals surface area contributed by atoms with Gasteiger partial charge in [-0.3, -0.25) is 14.6 Å². The number of pyridine rings is 1. The highest BCUT2D eigenvalue weighted by molar-refractivity contribution is 5.93. The van der Waals surface area contributed by atoms with Crippen LogP contribution in [0.2, 0.25) is 0 Å². The Morgan fingerprint density at radius 3 is 3.04 bits per heavy atom. The second-order valence-electron chi connectivity index (χ2n) is 7.63. The molecular weight excluding hydrogens is 360 g/mol. The van der Waals surface area contributed by atoms with Gasteiger partial charge in [-0.15, -0.1) is 0 Å². The summed E-state index contributed by atoms with van der Waals surface area (Å²) in [7, 11) is 1.71. The summed E-state index contributed by atoms with van der Waals surface area (Å²) in [6.07, 6.45) is 8.52. The maximum absolute atomic E-state index is 13.2. The second kappa shape index (κ2) is 6.27. The molecule has 0 N–H and O–H groups in total. The zero-order valence-electron chi connectivity index (χ0n) is 15.4. The first-order chi connectivity index (χ1) is 13.6. The van der Waals surface area contributed by atoms with Crippen LogP contribution in [-0.4, -0.2) is 57.1 Å². The van der Waals surface area contributed by atoms with Gasteiger partial charge in [-0.2, -0.15) is 0 Å². The standard InChI is InChI=1S/C20H20N4O4/c1-23(11-14-5-8-22-28-14)18(25)16-15-4-6-20(27-15)12-24(19(26)17(16)20)10-13-3-2-7-21-9-13/h2-9,15-17H,10-12H2,1H3/t15-,16+,17+,20-/m0/s1. The summed E-state index contributed by atoms with van der Waals surface area (Å²) in [6.45, 7) is 1.22. The molecule has 8 nitrogen and oxygen atoms in total. The maximum Gasteiger partial charge on any atom is 0.230 e. The van der Waals surface area contributed by atoms with Gasteiger partial charge in [0.15, 0.2) is 5.76 Å². The molecular formula is C20H20N4O4. The lowest BCUT2D eigenvalue weighted by atomic mass is 9.76. The van der Waals surface area contributed by atoms with Crippen molar-refractivity contribution in [3.05, 3.63) is 60.3 Å². The number of carbonyl (C=O) groups excluding carboxylic acids is 2. The van der Waals surface area contributed by atoms with Crippen LogP contribution in [0.1, 0.15) is 11.3 Å². The molecule has 0 saturated carbocycles. The summed E-state index contributed by atoms with van der Waals surface area (Å²) < 4.78 is 11.3. The Kier molecular flexibility index (Phi) is 3.83.